The minimum absolute atomic E-state index is 0. The van der Waals surface area contributed by atoms with Gasteiger partial charge < -0.3 is 5.73 Å². The molecule has 1 heteroatoms. The SMILES string of the molecule is CC.NC1CCc2ccccc21.[HH]. The lowest BCUT2D eigenvalue weighted by molar-refractivity contribution is 0.713. The van der Waals surface area contributed by atoms with Gasteiger partial charge in [0.1, 0.15) is 0 Å². The van der Waals surface area contributed by atoms with Crippen molar-refractivity contribution in [1.29, 1.82) is 0 Å². The number of nitrogens with two attached hydrogens (primary N) is 1. The summed E-state index contributed by atoms with van der Waals surface area (Å²) >= 11 is 0. The van der Waals surface area contributed by atoms with E-state index in [1.54, 1.807) is 0 Å². The Labute approximate surface area is 76.1 Å². The van der Waals surface area contributed by atoms with Crippen LogP contribution in [0.3, 0.4) is 0 Å². The molecule has 2 rings (SSSR count). The van der Waals surface area contributed by atoms with Crippen LogP contribution >= 0.6 is 0 Å². The highest BCUT2D eigenvalue weighted by Crippen LogP contribution is 2.28. The Balaban J connectivity index is 0.000000451. The largest absolute Gasteiger partial charge is 0.324 e. The molecule has 0 heterocycles. The Bertz CT molecular complexity index is 248. The van der Waals surface area contributed by atoms with Crippen molar-refractivity contribution in [3.63, 3.8) is 0 Å². The first-order valence-electron chi connectivity index (χ1n) is 4.71. The highest BCUT2D eigenvalue weighted by molar-refractivity contribution is 5.33. The van der Waals surface area contributed by atoms with Crippen molar-refractivity contribution in [2.45, 2.75) is 32.7 Å². The maximum absolute atomic E-state index is 5.85. The van der Waals surface area contributed by atoms with Crippen molar-refractivity contribution in [3.05, 3.63) is 35.4 Å². The second-order valence-electron chi connectivity index (χ2n) is 2.84. The van der Waals surface area contributed by atoms with Gasteiger partial charge in [0.25, 0.3) is 0 Å². The Kier molecular flexibility index (Phi) is 3.30. The Morgan fingerprint density at radius 2 is 2.00 bits per heavy atom. The zero-order valence-corrected chi connectivity index (χ0v) is 7.88. The van der Waals surface area contributed by atoms with Gasteiger partial charge >= 0.3 is 0 Å². The highest BCUT2D eigenvalue weighted by Gasteiger charge is 2.16. The molecule has 0 saturated carbocycles. The summed E-state index contributed by atoms with van der Waals surface area (Å²) in [7, 11) is 0. The van der Waals surface area contributed by atoms with Gasteiger partial charge in [-0.25, -0.2) is 0 Å². The van der Waals surface area contributed by atoms with E-state index in [-0.39, 0.29) is 1.43 Å². The molecule has 1 aliphatic carbocycles. The van der Waals surface area contributed by atoms with Gasteiger partial charge in [0.15, 0.2) is 0 Å². The first kappa shape index (κ1) is 9.27. The highest BCUT2D eigenvalue weighted by atomic mass is 14.6. The summed E-state index contributed by atoms with van der Waals surface area (Å²) in [6.45, 7) is 4.00. The van der Waals surface area contributed by atoms with Crippen LogP contribution in [0.1, 0.15) is 38.9 Å². The third-order valence-electron chi connectivity index (χ3n) is 2.18. The molecule has 1 nitrogen and oxygen atoms in total. The van der Waals surface area contributed by atoms with Gasteiger partial charge in [-0.05, 0) is 24.0 Å². The molecule has 1 unspecified atom stereocenters. The van der Waals surface area contributed by atoms with Crippen LogP contribution in [0, 0.1) is 0 Å². The second kappa shape index (κ2) is 4.27. The quantitative estimate of drug-likeness (QED) is 0.628. The van der Waals surface area contributed by atoms with Crippen molar-refractivity contribution < 1.29 is 1.43 Å². The topological polar surface area (TPSA) is 26.0 Å². The van der Waals surface area contributed by atoms with Gasteiger partial charge in [-0.3, -0.25) is 0 Å². The van der Waals surface area contributed by atoms with Gasteiger partial charge in [-0.1, -0.05) is 38.1 Å². The van der Waals surface area contributed by atoms with Crippen LogP contribution in [0.4, 0.5) is 0 Å². The fourth-order valence-corrected chi connectivity index (χ4v) is 1.59. The molecule has 1 aromatic rings. The van der Waals surface area contributed by atoms with Gasteiger partial charge in [0.2, 0.25) is 0 Å². The van der Waals surface area contributed by atoms with E-state index < -0.39 is 0 Å². The van der Waals surface area contributed by atoms with Gasteiger partial charge in [0.05, 0.1) is 0 Å². The number of fused-ring (bicyclic) bond motifs is 1. The molecule has 68 valence electrons. The first-order chi connectivity index (χ1) is 5.88. The summed E-state index contributed by atoms with van der Waals surface area (Å²) in [5.41, 5.74) is 8.64. The van der Waals surface area contributed by atoms with E-state index >= 15 is 0 Å². The van der Waals surface area contributed by atoms with Crippen LogP contribution in [-0.2, 0) is 6.42 Å². The lowest BCUT2D eigenvalue weighted by Gasteiger charge is -2.01. The summed E-state index contributed by atoms with van der Waals surface area (Å²) in [5, 5.41) is 0. The lowest BCUT2D eigenvalue weighted by Crippen LogP contribution is -2.04. The van der Waals surface area contributed by atoms with Crippen molar-refractivity contribution in [1.82, 2.24) is 0 Å². The molecule has 0 saturated heterocycles. The average molecular weight is 165 g/mol. The standard InChI is InChI=1S/C9H11N.C2H6.H2/c10-9-6-5-7-3-1-2-4-8(7)9;1-2;/h1-4,9H,5-6,10H2;1-2H3;1H. The van der Waals surface area contributed by atoms with Gasteiger partial charge in [-0.15, -0.1) is 0 Å². The lowest BCUT2D eigenvalue weighted by atomic mass is 10.1. The summed E-state index contributed by atoms with van der Waals surface area (Å²) in [5.74, 6) is 0. The van der Waals surface area contributed by atoms with Crippen LogP contribution in [-0.4, -0.2) is 0 Å². The smallest absolute Gasteiger partial charge is 0.0300 e. The predicted octanol–water partition coefficient (Wildman–Crippen LogP) is 2.90. The summed E-state index contributed by atoms with van der Waals surface area (Å²) in [4.78, 5) is 0. The van der Waals surface area contributed by atoms with Crippen LogP contribution in [0.2, 0.25) is 0 Å². The number of hydrogen-bond acceptors (Lipinski definition) is 1. The minimum atomic E-state index is 0. The number of hydrogen-bond donors (Lipinski definition) is 1. The molecule has 1 aliphatic rings. The molecular formula is C11H19N. The first-order valence-corrected chi connectivity index (χ1v) is 4.71. The maximum Gasteiger partial charge on any atom is 0.0300 e. The second-order valence-corrected chi connectivity index (χ2v) is 2.84. The van der Waals surface area contributed by atoms with E-state index in [4.69, 9.17) is 5.73 Å². The third kappa shape index (κ3) is 1.67. The Morgan fingerprint density at radius 1 is 1.33 bits per heavy atom. The monoisotopic (exact) mass is 165 g/mol. The summed E-state index contributed by atoms with van der Waals surface area (Å²) < 4.78 is 0. The third-order valence-corrected chi connectivity index (χ3v) is 2.18. The average Bonchev–Trinajstić information content (AvgIpc) is 2.53. The van der Waals surface area contributed by atoms with Crippen LogP contribution in [0.15, 0.2) is 24.3 Å². The molecule has 0 fully saturated rings. The molecule has 0 bridgehead atoms. The fourth-order valence-electron chi connectivity index (χ4n) is 1.59. The van der Waals surface area contributed by atoms with E-state index in [1.165, 1.54) is 11.1 Å². The van der Waals surface area contributed by atoms with Crippen LogP contribution in [0.25, 0.3) is 0 Å². The fraction of sp³-hybridized carbons (Fsp3) is 0.455. The van der Waals surface area contributed by atoms with Crippen LogP contribution in [0.5, 0.6) is 0 Å². The zero-order valence-electron chi connectivity index (χ0n) is 7.88. The van der Waals surface area contributed by atoms with E-state index in [0.29, 0.717) is 6.04 Å². The molecule has 2 N–H and O–H groups in total. The summed E-state index contributed by atoms with van der Waals surface area (Å²) in [6.07, 6.45) is 2.29. The molecule has 0 aromatic heterocycles. The Hall–Kier alpha value is -0.820. The van der Waals surface area contributed by atoms with Gasteiger partial charge in [-0.2, -0.15) is 0 Å². The van der Waals surface area contributed by atoms with E-state index in [0.717, 1.165) is 12.8 Å². The molecule has 0 aliphatic heterocycles. The maximum atomic E-state index is 5.85. The zero-order chi connectivity index (χ0) is 8.97. The van der Waals surface area contributed by atoms with Crippen molar-refractivity contribution >= 4 is 0 Å². The van der Waals surface area contributed by atoms with E-state index in [1.807, 2.05) is 13.8 Å². The van der Waals surface area contributed by atoms with E-state index in [2.05, 4.69) is 24.3 Å². The molecule has 0 spiro atoms. The van der Waals surface area contributed by atoms with E-state index in [9.17, 15) is 0 Å². The summed E-state index contributed by atoms with van der Waals surface area (Å²) in [6, 6.07) is 8.74. The van der Waals surface area contributed by atoms with Crippen LogP contribution < -0.4 is 5.73 Å². The molecule has 0 radical (unpaired) electrons. The Morgan fingerprint density at radius 3 is 2.67 bits per heavy atom. The van der Waals surface area contributed by atoms with Crippen molar-refractivity contribution in [2.24, 2.45) is 5.73 Å². The number of benzene rings is 1. The molecule has 12 heavy (non-hydrogen) atoms. The number of rotatable bonds is 0. The molecular weight excluding hydrogens is 146 g/mol. The molecule has 0 amide bonds. The molecule has 1 atom stereocenters. The predicted molar refractivity (Wildman–Crippen MR) is 55.2 cm³/mol. The molecule has 1 aromatic carbocycles. The van der Waals surface area contributed by atoms with Crippen molar-refractivity contribution in [2.75, 3.05) is 0 Å². The van der Waals surface area contributed by atoms with Gasteiger partial charge in [0, 0.05) is 7.47 Å². The minimum Gasteiger partial charge on any atom is -0.324 e. The number of aryl methyl sites for hydroxylation is 1. The van der Waals surface area contributed by atoms with Crippen molar-refractivity contribution in [3.8, 4) is 0 Å². The normalized spacial score (nSPS) is 19.4.